The number of amidine groups is 2. The molecule has 3 unspecified atom stereocenters. The van der Waals surface area contributed by atoms with Crippen LogP contribution in [0.1, 0.15) is 26.7 Å². The largest absolute Gasteiger partial charge is 0.396 e. The van der Waals surface area contributed by atoms with Crippen LogP contribution in [0.2, 0.25) is 0 Å². The third-order valence-electron chi connectivity index (χ3n) is 5.48. The van der Waals surface area contributed by atoms with E-state index in [1.807, 2.05) is 4.58 Å². The van der Waals surface area contributed by atoms with Crippen LogP contribution in [0.25, 0.3) is 0 Å². The highest BCUT2D eigenvalue weighted by molar-refractivity contribution is 6.23. The molecule has 0 aromatic rings. The van der Waals surface area contributed by atoms with Crippen LogP contribution in [0.15, 0.2) is 4.99 Å². The number of carbonyl (C=O) groups excluding carboxylic acids is 2. The Morgan fingerprint density at radius 2 is 1.81 bits per heavy atom. The molecule has 3 aliphatic rings. The van der Waals surface area contributed by atoms with Crippen LogP contribution in [0.4, 0.5) is 4.79 Å². The van der Waals surface area contributed by atoms with E-state index in [9.17, 15) is 14.7 Å². The van der Waals surface area contributed by atoms with Crippen LogP contribution in [0.5, 0.6) is 0 Å². The molecular weight excluding hydrogens is 334 g/mol. The van der Waals surface area contributed by atoms with Gasteiger partial charge in [-0.3, -0.25) is 19.5 Å². The van der Waals surface area contributed by atoms with Crippen molar-refractivity contribution in [3.8, 4) is 0 Å². The maximum Gasteiger partial charge on any atom is 0.333 e. The Labute approximate surface area is 154 Å². The highest BCUT2D eigenvalue weighted by Crippen LogP contribution is 2.23. The van der Waals surface area contributed by atoms with Gasteiger partial charge in [0.15, 0.2) is 0 Å². The smallest absolute Gasteiger partial charge is 0.333 e. The lowest BCUT2D eigenvalue weighted by Gasteiger charge is -2.33. The number of urea groups is 1. The number of amides is 3. The van der Waals surface area contributed by atoms with E-state index in [0.29, 0.717) is 37.2 Å². The van der Waals surface area contributed by atoms with Gasteiger partial charge >= 0.3 is 11.9 Å². The molecule has 3 heterocycles. The van der Waals surface area contributed by atoms with Gasteiger partial charge in [-0.05, 0) is 23.2 Å². The molecular formula is C18H30N5O3+. The molecule has 3 atom stereocenters. The Bertz CT molecular complexity index is 649. The maximum atomic E-state index is 12.7. The van der Waals surface area contributed by atoms with Gasteiger partial charge in [-0.25, -0.2) is 9.37 Å². The number of fused-ring (bicyclic) bond motifs is 1. The molecule has 26 heavy (non-hydrogen) atoms. The minimum atomic E-state index is -0.566. The first-order valence-electron chi connectivity index (χ1n) is 9.43. The summed E-state index contributed by atoms with van der Waals surface area (Å²) in [6.45, 7) is 7.83. The van der Waals surface area contributed by atoms with E-state index >= 15 is 0 Å². The van der Waals surface area contributed by atoms with Gasteiger partial charge in [0.1, 0.15) is 6.54 Å². The number of likely N-dealkylation sites (N-methyl/N-ethyl adjacent to an activating group) is 2. The summed E-state index contributed by atoms with van der Waals surface area (Å²) in [6, 6.07) is -0.919. The Morgan fingerprint density at radius 3 is 2.42 bits per heavy atom. The van der Waals surface area contributed by atoms with E-state index in [-0.39, 0.29) is 18.5 Å². The molecule has 3 amide bonds. The SMILES string of the molecule is CC1CC(C)CN(CC2=[N+](CCCO)C3C(=O)N(C)C(=O)N(C)C3=N2)C1. The van der Waals surface area contributed by atoms with Gasteiger partial charge in [-0.15, -0.1) is 0 Å². The molecule has 0 aromatic carbocycles. The van der Waals surface area contributed by atoms with Crippen molar-refractivity contribution < 1.29 is 19.3 Å². The molecule has 2 fully saturated rings. The number of likely N-dealkylation sites (tertiary alicyclic amines) is 1. The van der Waals surface area contributed by atoms with Crippen LogP contribution >= 0.6 is 0 Å². The molecule has 1 N–H and O–H groups in total. The lowest BCUT2D eigenvalue weighted by atomic mass is 9.92. The number of hydrogen-bond donors (Lipinski definition) is 1. The van der Waals surface area contributed by atoms with Crippen LogP contribution in [0.3, 0.4) is 0 Å². The minimum absolute atomic E-state index is 0.0580. The summed E-state index contributed by atoms with van der Waals surface area (Å²) in [5.74, 6) is 2.35. The molecule has 2 saturated heterocycles. The number of nitrogens with zero attached hydrogens (tertiary/aromatic N) is 5. The highest BCUT2D eigenvalue weighted by atomic mass is 16.3. The first-order valence-corrected chi connectivity index (χ1v) is 9.43. The van der Waals surface area contributed by atoms with Gasteiger partial charge < -0.3 is 5.11 Å². The zero-order valence-corrected chi connectivity index (χ0v) is 16.2. The standard InChI is InChI=1S/C18H30N5O3/c1-12-8-13(2)10-22(9-12)11-14-19-16-15(23(14)6-5-7-24)17(25)21(4)18(26)20(16)3/h12-13,15,24H,5-11H2,1-4H3/q+1. The number of aliphatic hydroxyl groups is 1. The zero-order chi connectivity index (χ0) is 19.0. The fourth-order valence-corrected chi connectivity index (χ4v) is 4.40. The van der Waals surface area contributed by atoms with Crippen molar-refractivity contribution in [2.45, 2.75) is 32.7 Å². The van der Waals surface area contributed by atoms with Crippen molar-refractivity contribution in [2.75, 3.05) is 46.9 Å². The Balaban J connectivity index is 1.89. The fourth-order valence-electron chi connectivity index (χ4n) is 4.40. The molecule has 3 aliphatic heterocycles. The first kappa shape index (κ1) is 19.0. The number of aliphatic hydroxyl groups excluding tert-OH is 1. The van der Waals surface area contributed by atoms with E-state index in [0.717, 1.165) is 23.8 Å². The van der Waals surface area contributed by atoms with Crippen molar-refractivity contribution >= 4 is 23.6 Å². The maximum absolute atomic E-state index is 12.7. The van der Waals surface area contributed by atoms with Gasteiger partial charge in [0.25, 0.3) is 17.8 Å². The molecule has 0 aromatic heterocycles. The summed E-state index contributed by atoms with van der Waals surface area (Å²) in [6.07, 6.45) is 1.79. The predicted octanol–water partition coefficient (Wildman–Crippen LogP) is 0.0622. The van der Waals surface area contributed by atoms with E-state index < -0.39 is 6.04 Å². The first-order chi connectivity index (χ1) is 12.3. The topological polar surface area (TPSA) is 79.5 Å². The quantitative estimate of drug-likeness (QED) is 0.700. The van der Waals surface area contributed by atoms with E-state index in [4.69, 9.17) is 4.99 Å². The Hall–Kier alpha value is -1.80. The number of hydrogen-bond acceptors (Lipinski definition) is 5. The van der Waals surface area contributed by atoms with Crippen LogP contribution in [-0.4, -0.2) is 101 Å². The van der Waals surface area contributed by atoms with Crippen LogP contribution in [0, 0.1) is 11.8 Å². The van der Waals surface area contributed by atoms with E-state index in [2.05, 4.69) is 18.7 Å². The second-order valence-corrected chi connectivity index (χ2v) is 7.94. The zero-order valence-electron chi connectivity index (χ0n) is 16.2. The second kappa shape index (κ2) is 7.44. The molecule has 0 bridgehead atoms. The third kappa shape index (κ3) is 3.40. The van der Waals surface area contributed by atoms with Crippen molar-refractivity contribution in [1.29, 1.82) is 0 Å². The number of rotatable bonds is 5. The second-order valence-electron chi connectivity index (χ2n) is 7.94. The molecule has 144 valence electrons. The molecule has 0 aliphatic carbocycles. The van der Waals surface area contributed by atoms with Gasteiger partial charge in [0.2, 0.25) is 0 Å². The average molecular weight is 364 g/mol. The number of piperidine rings is 1. The molecule has 8 nitrogen and oxygen atoms in total. The molecule has 0 radical (unpaired) electrons. The summed E-state index contributed by atoms with van der Waals surface area (Å²) in [7, 11) is 3.17. The van der Waals surface area contributed by atoms with Gasteiger partial charge in [0, 0.05) is 40.2 Å². The van der Waals surface area contributed by atoms with Crippen molar-refractivity contribution in [3.63, 3.8) is 0 Å². The fraction of sp³-hybridized carbons (Fsp3) is 0.778. The Morgan fingerprint density at radius 1 is 1.15 bits per heavy atom. The van der Waals surface area contributed by atoms with E-state index in [1.54, 1.807) is 7.05 Å². The van der Waals surface area contributed by atoms with Crippen molar-refractivity contribution in [2.24, 2.45) is 16.8 Å². The van der Waals surface area contributed by atoms with Crippen molar-refractivity contribution in [1.82, 2.24) is 14.7 Å². The van der Waals surface area contributed by atoms with Gasteiger partial charge in [0.05, 0.1) is 6.54 Å². The summed E-state index contributed by atoms with van der Waals surface area (Å²) in [5.41, 5.74) is 0. The van der Waals surface area contributed by atoms with Crippen LogP contribution in [-0.2, 0) is 4.79 Å². The summed E-state index contributed by atoms with van der Waals surface area (Å²) in [5, 5.41) is 9.27. The summed E-state index contributed by atoms with van der Waals surface area (Å²) < 4.78 is 1.97. The monoisotopic (exact) mass is 364 g/mol. The highest BCUT2D eigenvalue weighted by Gasteiger charge is 2.52. The van der Waals surface area contributed by atoms with Gasteiger partial charge in [-0.2, -0.15) is 0 Å². The Kier molecular flexibility index (Phi) is 5.43. The average Bonchev–Trinajstić information content (AvgIpc) is 2.93. The van der Waals surface area contributed by atoms with E-state index in [1.165, 1.54) is 18.4 Å². The molecule has 0 spiro atoms. The number of aliphatic imine (C=N–C) groups is 1. The normalized spacial score (nSPS) is 30.2. The van der Waals surface area contributed by atoms with Gasteiger partial charge in [-0.1, -0.05) is 13.8 Å². The number of carbonyl (C=O) groups is 2. The van der Waals surface area contributed by atoms with Crippen molar-refractivity contribution in [3.05, 3.63) is 0 Å². The molecule has 0 saturated carbocycles. The predicted molar refractivity (Wildman–Crippen MR) is 98.4 cm³/mol. The minimum Gasteiger partial charge on any atom is -0.396 e. The van der Waals surface area contributed by atoms with Crippen LogP contribution < -0.4 is 0 Å². The lowest BCUT2D eigenvalue weighted by molar-refractivity contribution is -0.537. The molecule has 3 rings (SSSR count). The third-order valence-corrected chi connectivity index (χ3v) is 5.48. The summed E-state index contributed by atoms with van der Waals surface area (Å²) in [4.78, 5) is 34.7. The lowest BCUT2D eigenvalue weighted by Crippen LogP contribution is -2.61. The number of imide groups is 1. The molecule has 8 heteroatoms. The summed E-state index contributed by atoms with van der Waals surface area (Å²) >= 11 is 0.